The lowest BCUT2D eigenvalue weighted by molar-refractivity contribution is 1.08. The van der Waals surface area contributed by atoms with Gasteiger partial charge < -0.3 is 13.7 Å². The second-order valence-electron chi connectivity index (χ2n) is 14.0. The SMILES string of the molecule is N#Cc1ccc(C#N)c(-n2c3ccccc3c3cc(-c4ccc5c(c4)c4ccccc4n5-c4ccccc4)ccc32)c1-n1c2ccccc2c2ccccc21. The van der Waals surface area contributed by atoms with Crippen molar-refractivity contribution in [3.05, 3.63) is 187 Å². The van der Waals surface area contributed by atoms with E-state index in [2.05, 4.69) is 159 Å². The van der Waals surface area contributed by atoms with Crippen molar-refractivity contribution < 1.29 is 0 Å². The van der Waals surface area contributed by atoms with Crippen LogP contribution in [0, 0.1) is 22.7 Å². The van der Waals surface area contributed by atoms with Crippen LogP contribution in [0.3, 0.4) is 0 Å². The number of aromatic nitrogens is 3. The summed E-state index contributed by atoms with van der Waals surface area (Å²) in [4.78, 5) is 0. The summed E-state index contributed by atoms with van der Waals surface area (Å²) in [6, 6.07) is 65.9. The maximum atomic E-state index is 10.7. The predicted octanol–water partition coefficient (Wildman–Crippen LogP) is 12.4. The third-order valence-corrected chi connectivity index (χ3v) is 11.1. The molecule has 0 spiro atoms. The highest BCUT2D eigenvalue weighted by Gasteiger charge is 2.25. The fourth-order valence-corrected chi connectivity index (χ4v) is 8.78. The molecule has 8 aromatic carbocycles. The zero-order chi connectivity index (χ0) is 36.6. The molecule has 5 heteroatoms. The van der Waals surface area contributed by atoms with Crippen molar-refractivity contribution in [2.45, 2.75) is 0 Å². The van der Waals surface area contributed by atoms with Crippen molar-refractivity contribution in [2.75, 3.05) is 0 Å². The van der Waals surface area contributed by atoms with Gasteiger partial charge in [-0.05, 0) is 83.9 Å². The Hall–Kier alpha value is -7.86. The van der Waals surface area contributed by atoms with Crippen LogP contribution in [0.1, 0.15) is 11.1 Å². The predicted molar refractivity (Wildman–Crippen MR) is 224 cm³/mol. The highest BCUT2D eigenvalue weighted by molar-refractivity contribution is 6.14. The quantitative estimate of drug-likeness (QED) is 0.184. The highest BCUT2D eigenvalue weighted by Crippen LogP contribution is 2.42. The van der Waals surface area contributed by atoms with E-state index in [4.69, 9.17) is 0 Å². The zero-order valence-electron chi connectivity index (χ0n) is 29.5. The van der Waals surface area contributed by atoms with Crippen molar-refractivity contribution in [3.8, 4) is 40.3 Å². The summed E-state index contributed by atoms with van der Waals surface area (Å²) >= 11 is 0. The lowest BCUT2D eigenvalue weighted by atomic mass is 10.0. The highest BCUT2D eigenvalue weighted by atomic mass is 15.1. The van der Waals surface area contributed by atoms with Gasteiger partial charge in [-0.15, -0.1) is 0 Å². The molecule has 11 aromatic rings. The topological polar surface area (TPSA) is 62.4 Å². The minimum atomic E-state index is 0.489. The van der Waals surface area contributed by atoms with Crippen molar-refractivity contribution >= 4 is 65.4 Å². The van der Waals surface area contributed by atoms with E-state index in [0.29, 0.717) is 22.5 Å². The average molecular weight is 700 g/mol. The van der Waals surface area contributed by atoms with Crippen LogP contribution in [0.25, 0.3) is 93.6 Å². The van der Waals surface area contributed by atoms with Crippen molar-refractivity contribution in [3.63, 3.8) is 0 Å². The van der Waals surface area contributed by atoms with E-state index < -0.39 is 0 Å². The molecule has 0 amide bonds. The van der Waals surface area contributed by atoms with E-state index in [1.54, 1.807) is 12.1 Å². The molecule has 3 aromatic heterocycles. The van der Waals surface area contributed by atoms with Gasteiger partial charge in [0.15, 0.2) is 0 Å². The minimum Gasteiger partial charge on any atom is -0.309 e. The molecule has 0 N–H and O–H groups in total. The van der Waals surface area contributed by atoms with E-state index >= 15 is 0 Å². The van der Waals surface area contributed by atoms with Crippen LogP contribution in [0.2, 0.25) is 0 Å². The van der Waals surface area contributed by atoms with Crippen LogP contribution in [0.4, 0.5) is 0 Å². The van der Waals surface area contributed by atoms with Gasteiger partial charge in [-0.3, -0.25) is 0 Å². The van der Waals surface area contributed by atoms with Crippen LogP contribution in [0.15, 0.2) is 176 Å². The van der Waals surface area contributed by atoms with Crippen molar-refractivity contribution in [1.82, 2.24) is 13.7 Å². The Labute approximate surface area is 316 Å². The first kappa shape index (κ1) is 30.7. The van der Waals surface area contributed by atoms with Gasteiger partial charge in [-0.1, -0.05) is 103 Å². The van der Waals surface area contributed by atoms with E-state index in [1.807, 2.05) is 30.3 Å². The number of benzene rings is 8. The van der Waals surface area contributed by atoms with Crippen LogP contribution < -0.4 is 0 Å². The van der Waals surface area contributed by atoms with Crippen LogP contribution >= 0.6 is 0 Å². The molecule has 0 aliphatic rings. The molecular weight excluding hydrogens is 671 g/mol. The largest absolute Gasteiger partial charge is 0.309 e. The van der Waals surface area contributed by atoms with Gasteiger partial charge in [0.1, 0.15) is 12.1 Å². The summed E-state index contributed by atoms with van der Waals surface area (Å²) in [5.74, 6) is 0. The van der Waals surface area contributed by atoms with Gasteiger partial charge in [0, 0.05) is 38.0 Å². The molecular formula is C50H29N5. The molecule has 0 atom stereocenters. The number of rotatable bonds is 4. The number of nitriles is 2. The van der Waals surface area contributed by atoms with E-state index in [-0.39, 0.29) is 0 Å². The Morgan fingerprint density at radius 2 is 0.655 bits per heavy atom. The van der Waals surface area contributed by atoms with E-state index in [0.717, 1.165) is 65.9 Å². The van der Waals surface area contributed by atoms with Gasteiger partial charge in [0.25, 0.3) is 0 Å². The normalized spacial score (nSPS) is 11.6. The molecule has 55 heavy (non-hydrogen) atoms. The van der Waals surface area contributed by atoms with Gasteiger partial charge in [0.2, 0.25) is 0 Å². The van der Waals surface area contributed by atoms with Gasteiger partial charge >= 0.3 is 0 Å². The second-order valence-corrected chi connectivity index (χ2v) is 14.0. The third-order valence-electron chi connectivity index (χ3n) is 11.1. The Bertz CT molecular complexity index is 3400. The summed E-state index contributed by atoms with van der Waals surface area (Å²) in [6.07, 6.45) is 0. The molecule has 3 heterocycles. The van der Waals surface area contributed by atoms with Crippen molar-refractivity contribution in [1.29, 1.82) is 10.5 Å². The number of nitrogens with zero attached hydrogens (tertiary/aromatic N) is 5. The van der Waals surface area contributed by atoms with E-state index in [1.165, 1.54) is 16.3 Å². The van der Waals surface area contributed by atoms with Gasteiger partial charge in [-0.25, -0.2) is 0 Å². The van der Waals surface area contributed by atoms with Gasteiger partial charge in [-0.2, -0.15) is 10.5 Å². The van der Waals surface area contributed by atoms with Crippen LogP contribution in [0.5, 0.6) is 0 Å². The molecule has 254 valence electrons. The Morgan fingerprint density at radius 3 is 1.09 bits per heavy atom. The van der Waals surface area contributed by atoms with E-state index in [9.17, 15) is 10.5 Å². The molecule has 0 fully saturated rings. The Morgan fingerprint density at radius 1 is 0.309 bits per heavy atom. The molecule has 0 aliphatic carbocycles. The summed E-state index contributed by atoms with van der Waals surface area (Å²) < 4.78 is 6.68. The average Bonchev–Trinajstić information content (AvgIpc) is 3.88. The molecule has 11 rings (SSSR count). The monoisotopic (exact) mass is 699 g/mol. The number of hydrogen-bond donors (Lipinski definition) is 0. The minimum absolute atomic E-state index is 0.489. The molecule has 0 bridgehead atoms. The molecule has 0 aliphatic heterocycles. The first-order valence-electron chi connectivity index (χ1n) is 18.3. The fourth-order valence-electron chi connectivity index (χ4n) is 8.78. The molecule has 5 nitrogen and oxygen atoms in total. The molecule has 0 saturated heterocycles. The Balaban J connectivity index is 1.18. The van der Waals surface area contributed by atoms with Crippen LogP contribution in [-0.4, -0.2) is 13.7 Å². The Kier molecular flexibility index (Phi) is 6.61. The standard InChI is InChI=1S/C50H29N5/c51-30-34-22-23-35(31-52)50(49(34)54-44-19-9-4-14-37(44)38-15-5-10-20-45(38)54)55-46-21-11-7-17-40(46)42-29-33(25-27-48(42)55)32-24-26-47-41(28-32)39-16-6-8-18-43(39)53(47)36-12-2-1-3-13-36/h1-29H. The first-order chi connectivity index (χ1) is 27.2. The van der Waals surface area contributed by atoms with Gasteiger partial charge in [0.05, 0.1) is 55.6 Å². The molecule has 0 radical (unpaired) electrons. The molecule has 0 saturated carbocycles. The number of hydrogen-bond acceptors (Lipinski definition) is 2. The fraction of sp³-hybridized carbons (Fsp3) is 0. The maximum absolute atomic E-state index is 10.7. The zero-order valence-corrected chi connectivity index (χ0v) is 29.5. The molecule has 0 unspecified atom stereocenters. The lowest BCUT2D eigenvalue weighted by Crippen LogP contribution is -2.08. The summed E-state index contributed by atoms with van der Waals surface area (Å²) in [5, 5.41) is 28.2. The summed E-state index contributed by atoms with van der Waals surface area (Å²) in [7, 11) is 0. The van der Waals surface area contributed by atoms with Crippen LogP contribution in [-0.2, 0) is 0 Å². The summed E-state index contributed by atoms with van der Waals surface area (Å²) in [5.41, 5.74) is 11.9. The number of para-hydroxylation sites is 5. The third kappa shape index (κ3) is 4.39. The van der Waals surface area contributed by atoms with Crippen molar-refractivity contribution in [2.24, 2.45) is 0 Å². The lowest BCUT2D eigenvalue weighted by Gasteiger charge is -2.19. The second kappa shape index (κ2) is 11.8. The first-order valence-corrected chi connectivity index (χ1v) is 18.3. The summed E-state index contributed by atoms with van der Waals surface area (Å²) in [6.45, 7) is 0. The smallest absolute Gasteiger partial charge is 0.101 e. The number of fused-ring (bicyclic) bond motifs is 9. The maximum Gasteiger partial charge on any atom is 0.101 e.